The molecule has 0 fully saturated rings. The van der Waals surface area contributed by atoms with Gasteiger partial charge >= 0.3 is 0 Å². The van der Waals surface area contributed by atoms with Crippen LogP contribution in [-0.4, -0.2) is 14.9 Å². The highest BCUT2D eigenvalue weighted by atomic mass is 32.2. The maximum absolute atomic E-state index is 4.20. The summed E-state index contributed by atoms with van der Waals surface area (Å²) in [4.78, 5) is 0. The van der Waals surface area contributed by atoms with E-state index in [0.29, 0.717) is 0 Å². The number of hydrogen-bond acceptors (Lipinski definition) is 2. The average Bonchev–Trinajstić information content (AvgIpc) is 3.04. The lowest BCUT2D eigenvalue weighted by molar-refractivity contribution is 0.723. The number of rotatable bonds is 7. The van der Waals surface area contributed by atoms with Gasteiger partial charge in [-0.25, -0.2) is 4.09 Å². The number of nitrogens with zero attached hydrogens (tertiary/aromatic N) is 2. The molecule has 1 heterocycles. The first kappa shape index (κ1) is 14.2. The van der Waals surface area contributed by atoms with Gasteiger partial charge in [-0.1, -0.05) is 48.9 Å². The molecule has 2 aromatic carbocycles. The number of aryl methyl sites for hydroxylation is 1. The molecule has 0 N–H and O–H groups in total. The summed E-state index contributed by atoms with van der Waals surface area (Å²) in [7, 11) is 0. The molecule has 0 saturated carbocycles. The Bertz CT molecular complexity index is 671. The van der Waals surface area contributed by atoms with Gasteiger partial charge in [0, 0.05) is 18.1 Å². The molecule has 0 saturated heterocycles. The van der Waals surface area contributed by atoms with Gasteiger partial charge in [0.25, 0.3) is 0 Å². The highest BCUT2D eigenvalue weighted by molar-refractivity contribution is 7.97. The van der Waals surface area contributed by atoms with Crippen molar-refractivity contribution in [2.45, 2.75) is 25.7 Å². The minimum absolute atomic E-state index is 1.14. The standard InChI is InChI=1S/C18H20N2S/c1(5-15-21-20-14-7-13-19-20)2-8-16-10-6-11-17-9-3-4-12-18(16)17/h3-4,6-7,9-14H,1-2,5,8,15H2. The molecule has 21 heavy (non-hydrogen) atoms. The normalized spacial score (nSPS) is 11.0. The van der Waals surface area contributed by atoms with E-state index in [-0.39, 0.29) is 0 Å². The van der Waals surface area contributed by atoms with Gasteiger partial charge in [0.05, 0.1) is 0 Å². The third-order valence-electron chi connectivity index (χ3n) is 3.67. The second-order valence-electron chi connectivity index (χ2n) is 5.19. The topological polar surface area (TPSA) is 17.8 Å². The fourth-order valence-corrected chi connectivity index (χ4v) is 3.39. The molecular formula is C18H20N2S. The second kappa shape index (κ2) is 7.32. The summed E-state index contributed by atoms with van der Waals surface area (Å²) in [6, 6.07) is 17.3. The lowest BCUT2D eigenvalue weighted by Crippen LogP contribution is -1.92. The van der Waals surface area contributed by atoms with E-state index < -0.39 is 0 Å². The molecule has 2 nitrogen and oxygen atoms in total. The first-order valence-corrected chi connectivity index (χ1v) is 8.47. The molecular weight excluding hydrogens is 276 g/mol. The fourth-order valence-electron chi connectivity index (χ4n) is 2.59. The van der Waals surface area contributed by atoms with Gasteiger partial charge in [-0.15, -0.1) is 0 Å². The molecule has 0 unspecified atom stereocenters. The van der Waals surface area contributed by atoms with Gasteiger partial charge in [-0.05, 0) is 53.6 Å². The number of unbranched alkanes of at least 4 members (excludes halogenated alkanes) is 2. The zero-order chi connectivity index (χ0) is 14.3. The van der Waals surface area contributed by atoms with E-state index in [9.17, 15) is 0 Å². The van der Waals surface area contributed by atoms with Crippen molar-refractivity contribution in [1.82, 2.24) is 9.19 Å². The molecule has 0 radical (unpaired) electrons. The number of benzene rings is 2. The van der Waals surface area contributed by atoms with Gasteiger partial charge in [0.2, 0.25) is 0 Å². The van der Waals surface area contributed by atoms with Crippen molar-refractivity contribution >= 4 is 22.7 Å². The van der Waals surface area contributed by atoms with Crippen molar-refractivity contribution in [1.29, 1.82) is 0 Å². The summed E-state index contributed by atoms with van der Waals surface area (Å²) in [5.41, 5.74) is 1.48. The lowest BCUT2D eigenvalue weighted by Gasteiger charge is -2.06. The van der Waals surface area contributed by atoms with Crippen LogP contribution in [0.15, 0.2) is 60.9 Å². The summed E-state index contributed by atoms with van der Waals surface area (Å²) < 4.78 is 1.94. The summed E-state index contributed by atoms with van der Waals surface area (Å²) in [6.45, 7) is 0. The van der Waals surface area contributed by atoms with Crippen LogP contribution >= 0.6 is 11.9 Å². The number of aromatic nitrogens is 2. The Hall–Kier alpha value is -1.74. The molecule has 0 atom stereocenters. The maximum Gasteiger partial charge on any atom is 0.0500 e. The Kier molecular flexibility index (Phi) is 4.95. The molecule has 0 spiro atoms. The number of fused-ring (bicyclic) bond motifs is 1. The zero-order valence-corrected chi connectivity index (χ0v) is 12.9. The highest BCUT2D eigenvalue weighted by Gasteiger charge is 2.00. The average molecular weight is 296 g/mol. The van der Waals surface area contributed by atoms with Crippen LogP contribution in [0.2, 0.25) is 0 Å². The third-order valence-corrected chi connectivity index (χ3v) is 4.63. The van der Waals surface area contributed by atoms with Gasteiger partial charge in [0.15, 0.2) is 0 Å². The highest BCUT2D eigenvalue weighted by Crippen LogP contribution is 2.20. The molecule has 0 aliphatic rings. The van der Waals surface area contributed by atoms with Gasteiger partial charge in [-0.3, -0.25) is 0 Å². The molecule has 0 bridgehead atoms. The Balaban J connectivity index is 1.44. The predicted octanol–water partition coefficient (Wildman–Crippen LogP) is 4.95. The van der Waals surface area contributed by atoms with Gasteiger partial charge in [-0.2, -0.15) is 5.10 Å². The van der Waals surface area contributed by atoms with E-state index in [1.807, 2.05) is 22.5 Å². The van der Waals surface area contributed by atoms with E-state index >= 15 is 0 Å². The van der Waals surface area contributed by atoms with Crippen LogP contribution in [0, 0.1) is 0 Å². The Morgan fingerprint density at radius 1 is 0.905 bits per heavy atom. The van der Waals surface area contributed by atoms with E-state index in [1.165, 1.54) is 42.0 Å². The molecule has 0 aliphatic heterocycles. The first-order chi connectivity index (χ1) is 10.4. The lowest BCUT2D eigenvalue weighted by atomic mass is 10.00. The fraction of sp³-hybridized carbons (Fsp3) is 0.278. The minimum Gasteiger partial charge on any atom is -0.214 e. The van der Waals surface area contributed by atoms with E-state index in [0.717, 1.165) is 5.75 Å². The van der Waals surface area contributed by atoms with Crippen LogP contribution in [0.25, 0.3) is 10.8 Å². The third kappa shape index (κ3) is 3.88. The van der Waals surface area contributed by atoms with Gasteiger partial charge in [0.1, 0.15) is 0 Å². The largest absolute Gasteiger partial charge is 0.214 e. The van der Waals surface area contributed by atoms with Crippen LogP contribution in [0.3, 0.4) is 0 Å². The second-order valence-corrected chi connectivity index (χ2v) is 6.23. The van der Waals surface area contributed by atoms with Crippen LogP contribution < -0.4 is 0 Å². The van der Waals surface area contributed by atoms with Crippen LogP contribution in [-0.2, 0) is 6.42 Å². The number of hydrogen-bond donors (Lipinski definition) is 0. The van der Waals surface area contributed by atoms with E-state index in [2.05, 4.69) is 47.6 Å². The molecule has 3 rings (SSSR count). The van der Waals surface area contributed by atoms with Crippen molar-refractivity contribution in [3.8, 4) is 0 Å². The zero-order valence-electron chi connectivity index (χ0n) is 12.1. The van der Waals surface area contributed by atoms with Gasteiger partial charge < -0.3 is 0 Å². The van der Waals surface area contributed by atoms with Crippen molar-refractivity contribution in [2.75, 3.05) is 5.75 Å². The summed E-state index contributed by atoms with van der Waals surface area (Å²) >= 11 is 1.78. The van der Waals surface area contributed by atoms with E-state index in [4.69, 9.17) is 0 Å². The Morgan fingerprint density at radius 2 is 1.81 bits per heavy atom. The van der Waals surface area contributed by atoms with Crippen molar-refractivity contribution in [3.63, 3.8) is 0 Å². The van der Waals surface area contributed by atoms with E-state index in [1.54, 1.807) is 11.9 Å². The SMILES string of the molecule is c1ccc2c(CCCCCSn3cccn3)cccc2c1. The molecule has 0 aliphatic carbocycles. The summed E-state index contributed by atoms with van der Waals surface area (Å²) in [5.74, 6) is 1.14. The molecule has 0 amide bonds. The van der Waals surface area contributed by atoms with Crippen molar-refractivity contribution < 1.29 is 0 Å². The minimum atomic E-state index is 1.14. The van der Waals surface area contributed by atoms with Crippen molar-refractivity contribution in [3.05, 3.63) is 66.5 Å². The first-order valence-electron chi connectivity index (χ1n) is 7.53. The molecule has 3 aromatic rings. The molecule has 108 valence electrons. The molecule has 1 aromatic heterocycles. The predicted molar refractivity (Wildman–Crippen MR) is 91.6 cm³/mol. The summed E-state index contributed by atoms with van der Waals surface area (Å²) in [6.07, 6.45) is 8.78. The Labute approximate surface area is 130 Å². The monoisotopic (exact) mass is 296 g/mol. The Morgan fingerprint density at radius 3 is 2.71 bits per heavy atom. The smallest absolute Gasteiger partial charge is 0.0500 e. The molecule has 3 heteroatoms. The van der Waals surface area contributed by atoms with Crippen molar-refractivity contribution in [2.24, 2.45) is 0 Å². The van der Waals surface area contributed by atoms with Crippen LogP contribution in [0.1, 0.15) is 24.8 Å². The quantitative estimate of drug-likeness (QED) is 0.574. The van der Waals surface area contributed by atoms with Crippen LogP contribution in [0.5, 0.6) is 0 Å². The van der Waals surface area contributed by atoms with Crippen LogP contribution in [0.4, 0.5) is 0 Å². The maximum atomic E-state index is 4.20. The summed E-state index contributed by atoms with van der Waals surface area (Å²) in [5, 5.41) is 6.95.